The van der Waals surface area contributed by atoms with Crippen molar-refractivity contribution in [2.24, 2.45) is 5.41 Å². The van der Waals surface area contributed by atoms with Crippen LogP contribution < -0.4 is 5.32 Å². The smallest absolute Gasteiger partial charge is 0.107 e. The van der Waals surface area contributed by atoms with Crippen LogP contribution in [0.5, 0.6) is 0 Å². The van der Waals surface area contributed by atoms with Gasteiger partial charge in [-0.1, -0.05) is 11.6 Å². The normalized spacial score (nSPS) is 17.4. The molecule has 0 amide bonds. The van der Waals surface area contributed by atoms with E-state index in [1.54, 1.807) is 18.4 Å². The molecule has 0 saturated heterocycles. The molecule has 1 aromatic rings. The summed E-state index contributed by atoms with van der Waals surface area (Å²) in [5, 5.41) is 3.53. The van der Waals surface area contributed by atoms with Crippen LogP contribution in [0.15, 0.2) is 10.5 Å². The lowest BCUT2D eigenvalue weighted by Gasteiger charge is -2.14. The highest BCUT2D eigenvalue weighted by molar-refractivity contribution is 9.10. The van der Waals surface area contributed by atoms with Gasteiger partial charge in [0.15, 0.2) is 0 Å². The first kappa shape index (κ1) is 13.8. The molecule has 0 unspecified atom stereocenters. The summed E-state index contributed by atoms with van der Waals surface area (Å²) in [6.07, 6.45) is 3.84. The first-order valence-corrected chi connectivity index (χ1v) is 7.77. The minimum absolute atomic E-state index is 0.508. The molecule has 5 heteroatoms. The Balaban J connectivity index is 1.72. The molecule has 1 fully saturated rings. The lowest BCUT2D eigenvalue weighted by molar-refractivity contribution is 0.171. The first-order chi connectivity index (χ1) is 8.15. The number of thiophene rings is 1. The van der Waals surface area contributed by atoms with Gasteiger partial charge >= 0.3 is 0 Å². The molecule has 1 aliphatic carbocycles. The van der Waals surface area contributed by atoms with Crippen LogP contribution in [0.3, 0.4) is 0 Å². The minimum atomic E-state index is 0.508. The molecule has 1 aliphatic rings. The van der Waals surface area contributed by atoms with Gasteiger partial charge in [0.05, 0.1) is 0 Å². The number of methoxy groups -OCH3 is 1. The van der Waals surface area contributed by atoms with Gasteiger partial charge in [0.25, 0.3) is 0 Å². The summed E-state index contributed by atoms with van der Waals surface area (Å²) in [5.41, 5.74) is 0.508. The Morgan fingerprint density at radius 2 is 2.35 bits per heavy atom. The van der Waals surface area contributed by atoms with Crippen molar-refractivity contribution in [2.75, 3.05) is 20.3 Å². The van der Waals surface area contributed by atoms with Crippen LogP contribution in [0.1, 0.15) is 24.1 Å². The molecule has 2 nitrogen and oxygen atoms in total. The molecular formula is C12H17BrClNOS. The van der Waals surface area contributed by atoms with Crippen LogP contribution in [0.4, 0.5) is 0 Å². The van der Waals surface area contributed by atoms with E-state index in [0.29, 0.717) is 5.41 Å². The Hall–Kier alpha value is 0.390. The third kappa shape index (κ3) is 3.93. The molecule has 0 radical (unpaired) electrons. The molecule has 2 rings (SSSR count). The maximum Gasteiger partial charge on any atom is 0.107 e. The summed E-state index contributed by atoms with van der Waals surface area (Å²) in [6.45, 7) is 2.87. The van der Waals surface area contributed by atoms with Crippen LogP contribution >= 0.6 is 38.9 Å². The lowest BCUT2D eigenvalue weighted by atomic mass is 10.0. The Labute approximate surface area is 120 Å². The van der Waals surface area contributed by atoms with Crippen LogP contribution in [-0.2, 0) is 11.3 Å². The number of ether oxygens (including phenoxy) is 1. The Morgan fingerprint density at radius 3 is 2.88 bits per heavy atom. The van der Waals surface area contributed by atoms with Crippen molar-refractivity contribution < 1.29 is 4.74 Å². The molecular weight excluding hydrogens is 322 g/mol. The van der Waals surface area contributed by atoms with Crippen LogP contribution in [0.25, 0.3) is 0 Å². The van der Waals surface area contributed by atoms with Gasteiger partial charge in [-0.05, 0) is 46.7 Å². The Kier molecular flexibility index (Phi) is 4.89. The quantitative estimate of drug-likeness (QED) is 0.809. The SMILES string of the molecule is COCCC1(CNCc2cc(Br)c(Cl)s2)CC1. The molecule has 1 aromatic heterocycles. The van der Waals surface area contributed by atoms with Gasteiger partial charge in [0.1, 0.15) is 4.34 Å². The molecule has 1 N–H and O–H groups in total. The van der Waals surface area contributed by atoms with Crippen LogP contribution in [0, 0.1) is 5.41 Å². The average Bonchev–Trinajstić information content (AvgIpc) is 2.99. The second-order valence-electron chi connectivity index (χ2n) is 4.68. The molecule has 17 heavy (non-hydrogen) atoms. The molecule has 0 bridgehead atoms. The van der Waals surface area contributed by atoms with Crippen molar-refractivity contribution in [1.82, 2.24) is 5.32 Å². The molecule has 1 heterocycles. The fourth-order valence-electron chi connectivity index (χ4n) is 1.94. The number of hydrogen-bond donors (Lipinski definition) is 1. The highest BCUT2D eigenvalue weighted by atomic mass is 79.9. The second kappa shape index (κ2) is 6.02. The van der Waals surface area contributed by atoms with E-state index in [4.69, 9.17) is 16.3 Å². The van der Waals surface area contributed by atoms with Gasteiger partial charge in [-0.2, -0.15) is 0 Å². The fourth-order valence-corrected chi connectivity index (χ4v) is 3.70. The largest absolute Gasteiger partial charge is 0.385 e. The second-order valence-corrected chi connectivity index (χ2v) is 7.27. The van der Waals surface area contributed by atoms with Gasteiger partial charge in [0, 0.05) is 36.2 Å². The lowest BCUT2D eigenvalue weighted by Crippen LogP contribution is -2.24. The number of hydrogen-bond acceptors (Lipinski definition) is 3. The zero-order chi connectivity index (χ0) is 12.3. The third-order valence-corrected chi connectivity index (χ3v) is 5.76. The van der Waals surface area contributed by atoms with Crippen LogP contribution in [-0.4, -0.2) is 20.3 Å². The van der Waals surface area contributed by atoms with E-state index in [2.05, 4.69) is 27.3 Å². The molecule has 96 valence electrons. The molecule has 0 atom stereocenters. The molecule has 0 aliphatic heterocycles. The maximum absolute atomic E-state index is 6.01. The van der Waals surface area contributed by atoms with Crippen molar-refractivity contribution >= 4 is 38.9 Å². The van der Waals surface area contributed by atoms with Crippen molar-refractivity contribution in [3.63, 3.8) is 0 Å². The van der Waals surface area contributed by atoms with E-state index in [9.17, 15) is 0 Å². The van der Waals surface area contributed by atoms with Gasteiger partial charge in [-0.3, -0.25) is 0 Å². The van der Waals surface area contributed by atoms with Gasteiger partial charge in [0.2, 0.25) is 0 Å². The summed E-state index contributed by atoms with van der Waals surface area (Å²) < 4.78 is 6.99. The fraction of sp³-hybridized carbons (Fsp3) is 0.667. The molecule has 0 aromatic carbocycles. The van der Waals surface area contributed by atoms with E-state index in [0.717, 1.165) is 28.5 Å². The summed E-state index contributed by atoms with van der Waals surface area (Å²) in [5.74, 6) is 0. The summed E-state index contributed by atoms with van der Waals surface area (Å²) >= 11 is 11.1. The van der Waals surface area contributed by atoms with Crippen molar-refractivity contribution in [3.8, 4) is 0 Å². The summed E-state index contributed by atoms with van der Waals surface area (Å²) in [6, 6.07) is 2.09. The Bertz CT molecular complexity index is 359. The van der Waals surface area contributed by atoms with E-state index < -0.39 is 0 Å². The van der Waals surface area contributed by atoms with E-state index in [1.165, 1.54) is 24.1 Å². The minimum Gasteiger partial charge on any atom is -0.385 e. The number of nitrogens with one attached hydrogen (secondary N) is 1. The topological polar surface area (TPSA) is 21.3 Å². The zero-order valence-electron chi connectivity index (χ0n) is 9.89. The zero-order valence-corrected chi connectivity index (χ0v) is 13.1. The average molecular weight is 339 g/mol. The summed E-state index contributed by atoms with van der Waals surface area (Å²) in [4.78, 5) is 1.28. The van der Waals surface area contributed by atoms with E-state index >= 15 is 0 Å². The number of rotatable bonds is 7. The maximum atomic E-state index is 6.01. The summed E-state index contributed by atoms with van der Waals surface area (Å²) in [7, 11) is 1.77. The van der Waals surface area contributed by atoms with Crippen molar-refractivity contribution in [3.05, 3.63) is 19.8 Å². The van der Waals surface area contributed by atoms with E-state index in [-0.39, 0.29) is 0 Å². The van der Waals surface area contributed by atoms with Gasteiger partial charge in [-0.25, -0.2) is 0 Å². The van der Waals surface area contributed by atoms with Gasteiger partial charge in [-0.15, -0.1) is 11.3 Å². The highest BCUT2D eigenvalue weighted by Crippen LogP contribution is 2.48. The third-order valence-electron chi connectivity index (χ3n) is 3.29. The predicted octanol–water partition coefficient (Wildman–Crippen LogP) is 4.07. The highest BCUT2D eigenvalue weighted by Gasteiger charge is 2.41. The first-order valence-electron chi connectivity index (χ1n) is 5.79. The van der Waals surface area contributed by atoms with Crippen molar-refractivity contribution in [2.45, 2.75) is 25.8 Å². The Morgan fingerprint density at radius 1 is 1.59 bits per heavy atom. The standard InChI is InChI=1S/C12H17BrClNOS/c1-16-5-4-12(2-3-12)8-15-7-9-6-10(13)11(14)17-9/h6,15H,2-5,7-8H2,1H3. The van der Waals surface area contributed by atoms with Crippen LogP contribution in [0.2, 0.25) is 4.34 Å². The van der Waals surface area contributed by atoms with Gasteiger partial charge < -0.3 is 10.1 Å². The monoisotopic (exact) mass is 337 g/mol. The predicted molar refractivity (Wildman–Crippen MR) is 76.9 cm³/mol. The van der Waals surface area contributed by atoms with Crippen molar-refractivity contribution in [1.29, 1.82) is 0 Å². The number of halogens is 2. The van der Waals surface area contributed by atoms with E-state index in [1.807, 2.05) is 0 Å². The molecule has 0 spiro atoms. The molecule has 1 saturated carbocycles.